The van der Waals surface area contributed by atoms with Gasteiger partial charge in [0.05, 0.1) is 11.9 Å². The van der Waals surface area contributed by atoms with Gasteiger partial charge in [0.25, 0.3) is 0 Å². The topological polar surface area (TPSA) is 19.4 Å². The van der Waals surface area contributed by atoms with E-state index in [2.05, 4.69) is 34.4 Å². The molecule has 1 aromatic heterocycles. The predicted molar refractivity (Wildman–Crippen MR) is 62.8 cm³/mol. The Bertz CT molecular complexity index is 326. The minimum absolute atomic E-state index is 1.05. The third-order valence-corrected chi connectivity index (χ3v) is 2.83. The summed E-state index contributed by atoms with van der Waals surface area (Å²) in [6.45, 7) is 10.3. The molecule has 0 unspecified atom stereocenters. The lowest BCUT2D eigenvalue weighted by molar-refractivity contribution is 0.323. The summed E-state index contributed by atoms with van der Waals surface area (Å²) in [6, 6.07) is 4.10. The van der Waals surface area contributed by atoms with Crippen molar-refractivity contribution < 1.29 is 0 Å². The Morgan fingerprint density at radius 1 is 1.33 bits per heavy atom. The predicted octanol–water partition coefficient (Wildman–Crippen LogP) is 1.74. The number of nitrogens with zero attached hydrogens (tertiary/aromatic N) is 3. The van der Waals surface area contributed by atoms with Crippen molar-refractivity contribution in [1.82, 2.24) is 9.88 Å². The molecule has 2 rings (SSSR count). The van der Waals surface area contributed by atoms with E-state index in [1.165, 1.54) is 11.4 Å². The molecule has 0 aliphatic carbocycles. The van der Waals surface area contributed by atoms with Crippen molar-refractivity contribution in [2.24, 2.45) is 0 Å². The molecule has 0 atom stereocenters. The van der Waals surface area contributed by atoms with Gasteiger partial charge < -0.3 is 9.80 Å². The lowest BCUT2D eigenvalue weighted by Gasteiger charge is -2.37. The van der Waals surface area contributed by atoms with Crippen molar-refractivity contribution in [1.29, 1.82) is 0 Å². The summed E-state index contributed by atoms with van der Waals surface area (Å²) >= 11 is 0. The summed E-state index contributed by atoms with van der Waals surface area (Å²) in [6.07, 6.45) is 3.74. The van der Waals surface area contributed by atoms with Gasteiger partial charge in [-0.3, -0.25) is 4.98 Å². The molecular formula is C12H17N3. The van der Waals surface area contributed by atoms with Crippen LogP contribution in [0.25, 0.3) is 0 Å². The summed E-state index contributed by atoms with van der Waals surface area (Å²) in [4.78, 5) is 8.83. The molecule has 1 fully saturated rings. The van der Waals surface area contributed by atoms with E-state index in [4.69, 9.17) is 0 Å². The molecular weight excluding hydrogens is 186 g/mol. The minimum atomic E-state index is 1.05. The van der Waals surface area contributed by atoms with E-state index >= 15 is 0 Å². The molecule has 0 saturated carbocycles. The lowest BCUT2D eigenvalue weighted by Crippen LogP contribution is -2.45. The van der Waals surface area contributed by atoms with Crippen LogP contribution in [-0.4, -0.2) is 36.1 Å². The van der Waals surface area contributed by atoms with Gasteiger partial charge in [-0.05, 0) is 19.1 Å². The Labute approximate surface area is 91.0 Å². The molecule has 0 radical (unpaired) electrons. The maximum atomic E-state index is 4.14. The number of rotatable bonds is 2. The molecule has 15 heavy (non-hydrogen) atoms. The first-order valence-corrected chi connectivity index (χ1v) is 5.33. The van der Waals surface area contributed by atoms with Crippen LogP contribution in [0.15, 0.2) is 36.8 Å². The molecule has 0 aromatic carbocycles. The summed E-state index contributed by atoms with van der Waals surface area (Å²) in [7, 11) is 0. The normalized spacial score (nSPS) is 16.6. The third kappa shape index (κ3) is 2.29. The molecule has 0 amide bonds. The van der Waals surface area contributed by atoms with Crippen LogP contribution in [0.4, 0.5) is 5.69 Å². The van der Waals surface area contributed by atoms with Gasteiger partial charge in [0.1, 0.15) is 0 Å². The van der Waals surface area contributed by atoms with E-state index in [1.54, 1.807) is 0 Å². The van der Waals surface area contributed by atoms with Crippen molar-refractivity contribution in [2.45, 2.75) is 6.92 Å². The van der Waals surface area contributed by atoms with Crippen molar-refractivity contribution in [3.8, 4) is 0 Å². The van der Waals surface area contributed by atoms with E-state index in [0.717, 1.165) is 26.2 Å². The summed E-state index contributed by atoms with van der Waals surface area (Å²) in [5.74, 6) is 0. The van der Waals surface area contributed by atoms with Gasteiger partial charge in [0.2, 0.25) is 0 Å². The lowest BCUT2D eigenvalue weighted by atomic mass is 10.2. The van der Waals surface area contributed by atoms with E-state index < -0.39 is 0 Å². The molecule has 80 valence electrons. The number of hydrogen-bond donors (Lipinski definition) is 0. The van der Waals surface area contributed by atoms with E-state index in [9.17, 15) is 0 Å². The average Bonchev–Trinajstić information content (AvgIpc) is 2.30. The zero-order valence-corrected chi connectivity index (χ0v) is 9.19. The highest BCUT2D eigenvalue weighted by molar-refractivity contribution is 5.44. The second-order valence-electron chi connectivity index (χ2n) is 3.92. The monoisotopic (exact) mass is 203 g/mol. The second-order valence-corrected chi connectivity index (χ2v) is 3.92. The zero-order chi connectivity index (χ0) is 10.7. The van der Waals surface area contributed by atoms with Gasteiger partial charge in [-0.25, -0.2) is 0 Å². The minimum Gasteiger partial charge on any atom is -0.372 e. The Kier molecular flexibility index (Phi) is 2.90. The Morgan fingerprint density at radius 3 is 2.60 bits per heavy atom. The molecule has 1 aromatic rings. The van der Waals surface area contributed by atoms with E-state index in [1.807, 2.05) is 18.5 Å². The summed E-state index contributed by atoms with van der Waals surface area (Å²) < 4.78 is 0. The number of allylic oxidation sites excluding steroid dienone is 1. The molecule has 0 bridgehead atoms. The molecule has 1 aliphatic rings. The van der Waals surface area contributed by atoms with Crippen LogP contribution in [0.1, 0.15) is 6.92 Å². The first-order chi connectivity index (χ1) is 7.27. The van der Waals surface area contributed by atoms with Gasteiger partial charge >= 0.3 is 0 Å². The van der Waals surface area contributed by atoms with Crippen LogP contribution >= 0.6 is 0 Å². The van der Waals surface area contributed by atoms with E-state index in [-0.39, 0.29) is 0 Å². The molecule has 3 heteroatoms. The van der Waals surface area contributed by atoms with Crippen molar-refractivity contribution in [2.75, 3.05) is 31.1 Å². The van der Waals surface area contributed by atoms with Gasteiger partial charge in [0, 0.05) is 38.1 Å². The molecule has 1 saturated heterocycles. The van der Waals surface area contributed by atoms with Gasteiger partial charge in [0.15, 0.2) is 0 Å². The quantitative estimate of drug-likeness (QED) is 0.730. The van der Waals surface area contributed by atoms with E-state index in [0.29, 0.717) is 0 Å². The fourth-order valence-electron chi connectivity index (χ4n) is 1.89. The number of hydrogen-bond acceptors (Lipinski definition) is 3. The second kappa shape index (κ2) is 4.34. The van der Waals surface area contributed by atoms with Crippen LogP contribution in [0.3, 0.4) is 0 Å². The highest BCUT2D eigenvalue weighted by Gasteiger charge is 2.16. The van der Waals surface area contributed by atoms with Gasteiger partial charge in [-0.1, -0.05) is 6.58 Å². The standard InChI is InChI=1S/C12H17N3/c1-11(2)14-6-8-15(9-7-14)12-4-3-5-13-10-12/h3-5,10H,1,6-9H2,2H3. The van der Waals surface area contributed by atoms with Crippen LogP contribution in [0.2, 0.25) is 0 Å². The molecule has 0 N–H and O–H groups in total. The fourth-order valence-corrected chi connectivity index (χ4v) is 1.89. The third-order valence-electron chi connectivity index (χ3n) is 2.83. The SMILES string of the molecule is C=C(C)N1CCN(c2cccnc2)CC1. The number of aromatic nitrogens is 1. The Morgan fingerprint density at radius 2 is 2.07 bits per heavy atom. The fraction of sp³-hybridized carbons (Fsp3) is 0.417. The smallest absolute Gasteiger partial charge is 0.0553 e. The van der Waals surface area contributed by atoms with Crippen LogP contribution in [0.5, 0.6) is 0 Å². The summed E-state index contributed by atoms with van der Waals surface area (Å²) in [5, 5.41) is 0. The van der Waals surface area contributed by atoms with Crippen molar-refractivity contribution >= 4 is 5.69 Å². The molecule has 2 heterocycles. The summed E-state index contributed by atoms with van der Waals surface area (Å²) in [5.41, 5.74) is 2.39. The first kappa shape index (κ1) is 10.0. The molecule has 1 aliphatic heterocycles. The van der Waals surface area contributed by atoms with Crippen molar-refractivity contribution in [3.63, 3.8) is 0 Å². The number of piperazine rings is 1. The van der Waals surface area contributed by atoms with Crippen LogP contribution in [0, 0.1) is 0 Å². The maximum Gasteiger partial charge on any atom is 0.0553 e. The molecule has 0 spiro atoms. The number of pyridine rings is 1. The highest BCUT2D eigenvalue weighted by Crippen LogP contribution is 2.15. The number of anilines is 1. The Balaban J connectivity index is 1.97. The maximum absolute atomic E-state index is 4.14. The van der Waals surface area contributed by atoms with Gasteiger partial charge in [-0.15, -0.1) is 0 Å². The molecule has 3 nitrogen and oxygen atoms in total. The van der Waals surface area contributed by atoms with Crippen LogP contribution in [-0.2, 0) is 0 Å². The Hall–Kier alpha value is -1.51. The van der Waals surface area contributed by atoms with Crippen molar-refractivity contribution in [3.05, 3.63) is 36.8 Å². The average molecular weight is 203 g/mol. The zero-order valence-electron chi connectivity index (χ0n) is 9.19. The largest absolute Gasteiger partial charge is 0.372 e. The first-order valence-electron chi connectivity index (χ1n) is 5.33. The van der Waals surface area contributed by atoms with Gasteiger partial charge in [-0.2, -0.15) is 0 Å². The van der Waals surface area contributed by atoms with Crippen LogP contribution < -0.4 is 4.90 Å². The highest BCUT2D eigenvalue weighted by atomic mass is 15.3.